The number of fused-ring (bicyclic) bond motifs is 1. The van der Waals surface area contributed by atoms with Gasteiger partial charge >= 0.3 is 0 Å². The van der Waals surface area contributed by atoms with E-state index in [9.17, 15) is 4.79 Å². The molecule has 3 heterocycles. The molecular formula is C18H21N5OS2. The van der Waals surface area contributed by atoms with Gasteiger partial charge in [-0.3, -0.25) is 14.4 Å². The fourth-order valence-corrected chi connectivity index (χ4v) is 5.00. The Hall–Kier alpha value is -1.90. The Morgan fingerprint density at radius 1 is 1.12 bits per heavy atom. The van der Waals surface area contributed by atoms with Gasteiger partial charge in [0.05, 0.1) is 22.5 Å². The van der Waals surface area contributed by atoms with E-state index in [1.807, 2.05) is 40.0 Å². The summed E-state index contributed by atoms with van der Waals surface area (Å²) < 4.78 is 4.09. The maximum Gasteiger partial charge on any atom is 0.233 e. The molecule has 1 amide bonds. The Kier molecular flexibility index (Phi) is 5.52. The average molecular weight is 388 g/mol. The minimum absolute atomic E-state index is 0.209. The smallest absolute Gasteiger partial charge is 0.233 e. The van der Waals surface area contributed by atoms with Crippen LogP contribution in [0.1, 0.15) is 0 Å². The van der Waals surface area contributed by atoms with Crippen LogP contribution >= 0.6 is 23.1 Å². The average Bonchev–Trinajstić information content (AvgIpc) is 3.34. The number of nitrogens with zero attached hydrogens (tertiary/aromatic N) is 5. The van der Waals surface area contributed by atoms with E-state index in [1.54, 1.807) is 29.3 Å². The molecule has 1 saturated heterocycles. The molecule has 8 heteroatoms. The summed E-state index contributed by atoms with van der Waals surface area (Å²) in [5.74, 6) is 0.675. The predicted octanol–water partition coefficient (Wildman–Crippen LogP) is 2.43. The van der Waals surface area contributed by atoms with Gasteiger partial charge in [0.15, 0.2) is 4.34 Å². The topological polar surface area (TPSA) is 54.3 Å². The second-order valence-electron chi connectivity index (χ2n) is 6.23. The standard InChI is InChI=1S/C18H21N5OS2/c24-17(14-25-18-20-15-4-1-2-5-16(15)26-18)22-11-8-21(9-12-22)10-13-23-7-3-6-19-23/h1-7H,8-14H2. The van der Waals surface area contributed by atoms with Gasteiger partial charge in [0.1, 0.15) is 0 Å². The van der Waals surface area contributed by atoms with Crippen molar-refractivity contribution in [2.75, 3.05) is 38.5 Å². The van der Waals surface area contributed by atoms with Crippen LogP contribution in [-0.4, -0.2) is 68.9 Å². The maximum absolute atomic E-state index is 12.5. The molecule has 136 valence electrons. The van der Waals surface area contributed by atoms with E-state index in [2.05, 4.69) is 21.0 Å². The Labute approximate surface area is 160 Å². The van der Waals surface area contributed by atoms with Gasteiger partial charge in [-0.25, -0.2) is 4.98 Å². The molecule has 3 aromatic rings. The number of benzene rings is 1. The van der Waals surface area contributed by atoms with Crippen LogP contribution in [0.15, 0.2) is 47.1 Å². The van der Waals surface area contributed by atoms with Gasteiger partial charge < -0.3 is 4.90 Å². The molecule has 0 saturated carbocycles. The molecule has 1 aliphatic heterocycles. The number of hydrogen-bond donors (Lipinski definition) is 0. The molecule has 0 unspecified atom stereocenters. The zero-order valence-electron chi connectivity index (χ0n) is 14.5. The summed E-state index contributed by atoms with van der Waals surface area (Å²) in [6.45, 7) is 5.34. The molecule has 0 bridgehead atoms. The molecule has 26 heavy (non-hydrogen) atoms. The largest absolute Gasteiger partial charge is 0.339 e. The van der Waals surface area contributed by atoms with E-state index in [4.69, 9.17) is 0 Å². The van der Waals surface area contributed by atoms with E-state index in [1.165, 1.54) is 4.70 Å². The number of thioether (sulfide) groups is 1. The first-order valence-corrected chi connectivity index (χ1v) is 10.5. The lowest BCUT2D eigenvalue weighted by Gasteiger charge is -2.34. The van der Waals surface area contributed by atoms with Gasteiger partial charge in [-0.05, 0) is 18.2 Å². The van der Waals surface area contributed by atoms with Crippen molar-refractivity contribution in [3.8, 4) is 0 Å². The van der Waals surface area contributed by atoms with Gasteiger partial charge in [-0.2, -0.15) is 5.10 Å². The number of thiazole rings is 1. The molecule has 1 aromatic carbocycles. The third-order valence-electron chi connectivity index (χ3n) is 4.52. The van der Waals surface area contributed by atoms with Crippen LogP contribution in [0.2, 0.25) is 0 Å². The predicted molar refractivity (Wildman–Crippen MR) is 106 cm³/mol. The molecule has 0 N–H and O–H groups in total. The quantitative estimate of drug-likeness (QED) is 0.608. The Morgan fingerprint density at radius 3 is 2.73 bits per heavy atom. The number of rotatable bonds is 6. The first kappa shape index (κ1) is 17.5. The highest BCUT2D eigenvalue weighted by molar-refractivity contribution is 8.01. The highest BCUT2D eigenvalue weighted by Crippen LogP contribution is 2.29. The highest BCUT2D eigenvalue weighted by atomic mass is 32.2. The minimum atomic E-state index is 0.209. The normalized spacial score (nSPS) is 15.6. The van der Waals surface area contributed by atoms with E-state index in [-0.39, 0.29) is 5.91 Å². The van der Waals surface area contributed by atoms with Crippen LogP contribution in [0.25, 0.3) is 10.2 Å². The Balaban J connectivity index is 1.22. The zero-order valence-corrected chi connectivity index (χ0v) is 16.1. The zero-order chi connectivity index (χ0) is 17.8. The van der Waals surface area contributed by atoms with Crippen molar-refractivity contribution >= 4 is 39.2 Å². The Morgan fingerprint density at radius 2 is 1.96 bits per heavy atom. The third kappa shape index (κ3) is 4.25. The number of carbonyl (C=O) groups excluding carboxylic acids is 1. The van der Waals surface area contributed by atoms with E-state index in [0.717, 1.165) is 49.1 Å². The van der Waals surface area contributed by atoms with Gasteiger partial charge in [-0.1, -0.05) is 23.9 Å². The van der Waals surface area contributed by atoms with Gasteiger partial charge in [-0.15, -0.1) is 11.3 Å². The van der Waals surface area contributed by atoms with Crippen molar-refractivity contribution in [2.45, 2.75) is 10.9 Å². The molecule has 1 aliphatic rings. The van der Waals surface area contributed by atoms with Gasteiger partial charge in [0.25, 0.3) is 0 Å². The summed E-state index contributed by atoms with van der Waals surface area (Å²) in [5, 5.41) is 4.23. The Bertz CT molecular complexity index is 822. The van der Waals surface area contributed by atoms with Crippen molar-refractivity contribution in [2.24, 2.45) is 0 Å². The van der Waals surface area contributed by atoms with E-state index < -0.39 is 0 Å². The second kappa shape index (κ2) is 8.20. The number of carbonyl (C=O) groups is 1. The molecule has 0 radical (unpaired) electrons. The van der Waals surface area contributed by atoms with Crippen molar-refractivity contribution in [3.05, 3.63) is 42.7 Å². The second-order valence-corrected chi connectivity index (χ2v) is 8.48. The molecule has 1 fully saturated rings. The molecule has 0 aliphatic carbocycles. The van der Waals surface area contributed by atoms with Crippen molar-refractivity contribution in [1.82, 2.24) is 24.6 Å². The van der Waals surface area contributed by atoms with Crippen LogP contribution in [0.5, 0.6) is 0 Å². The number of hydrogen-bond acceptors (Lipinski definition) is 6. The van der Waals surface area contributed by atoms with E-state index in [0.29, 0.717) is 5.75 Å². The monoisotopic (exact) mass is 387 g/mol. The van der Waals surface area contributed by atoms with Crippen LogP contribution in [-0.2, 0) is 11.3 Å². The first-order chi connectivity index (χ1) is 12.8. The summed E-state index contributed by atoms with van der Waals surface area (Å²) >= 11 is 3.20. The molecule has 0 spiro atoms. The van der Waals surface area contributed by atoms with Crippen LogP contribution in [0, 0.1) is 0 Å². The van der Waals surface area contributed by atoms with Crippen LogP contribution in [0.4, 0.5) is 0 Å². The van der Waals surface area contributed by atoms with Gasteiger partial charge in [0, 0.05) is 45.1 Å². The molecular weight excluding hydrogens is 366 g/mol. The van der Waals surface area contributed by atoms with Crippen molar-refractivity contribution in [1.29, 1.82) is 0 Å². The minimum Gasteiger partial charge on any atom is -0.339 e. The number of amides is 1. The fraction of sp³-hybridized carbons (Fsp3) is 0.389. The lowest BCUT2D eigenvalue weighted by molar-refractivity contribution is -0.130. The van der Waals surface area contributed by atoms with Gasteiger partial charge in [0.2, 0.25) is 5.91 Å². The summed E-state index contributed by atoms with van der Waals surface area (Å²) in [6.07, 6.45) is 3.79. The third-order valence-corrected chi connectivity index (χ3v) is 6.69. The summed E-state index contributed by atoms with van der Waals surface area (Å²) in [7, 11) is 0. The van der Waals surface area contributed by atoms with Crippen LogP contribution in [0.3, 0.4) is 0 Å². The van der Waals surface area contributed by atoms with E-state index >= 15 is 0 Å². The summed E-state index contributed by atoms with van der Waals surface area (Å²) in [5.41, 5.74) is 1.01. The van der Waals surface area contributed by atoms with Crippen LogP contribution < -0.4 is 0 Å². The number of para-hydroxylation sites is 1. The summed E-state index contributed by atoms with van der Waals surface area (Å²) in [6, 6.07) is 10.0. The maximum atomic E-state index is 12.5. The molecule has 2 aromatic heterocycles. The lowest BCUT2D eigenvalue weighted by atomic mass is 10.3. The summed E-state index contributed by atoms with van der Waals surface area (Å²) in [4.78, 5) is 21.4. The SMILES string of the molecule is O=C(CSc1nc2ccccc2s1)N1CCN(CCn2cccn2)CC1. The molecule has 6 nitrogen and oxygen atoms in total. The molecule has 0 atom stereocenters. The molecule has 4 rings (SSSR count). The highest BCUT2D eigenvalue weighted by Gasteiger charge is 2.21. The number of piperazine rings is 1. The lowest BCUT2D eigenvalue weighted by Crippen LogP contribution is -2.49. The van der Waals surface area contributed by atoms with Crippen molar-refractivity contribution < 1.29 is 4.79 Å². The first-order valence-electron chi connectivity index (χ1n) is 8.74. The number of aromatic nitrogens is 3. The fourth-order valence-electron chi connectivity index (χ4n) is 3.03. The van der Waals surface area contributed by atoms with Crippen molar-refractivity contribution in [3.63, 3.8) is 0 Å².